The highest BCUT2D eigenvalue weighted by Crippen LogP contribution is 2.30. The number of nitrogens with one attached hydrogen (secondary N) is 1. The molecule has 6 heteroatoms. The Morgan fingerprint density at radius 3 is 2.58 bits per heavy atom. The molecule has 0 aliphatic rings. The summed E-state index contributed by atoms with van der Waals surface area (Å²) in [6.45, 7) is 9.99. The lowest BCUT2D eigenvalue weighted by molar-refractivity contribution is -0.120. The second-order valence-corrected chi connectivity index (χ2v) is 6.51. The molecule has 0 aromatic carbocycles. The maximum atomic E-state index is 11.6. The van der Waals surface area contributed by atoms with E-state index in [1.54, 1.807) is 11.3 Å². The first-order chi connectivity index (χ1) is 8.99. The van der Waals surface area contributed by atoms with Crippen LogP contribution in [0.4, 0.5) is 0 Å². The van der Waals surface area contributed by atoms with Gasteiger partial charge in [0.05, 0.1) is 0 Å². The van der Waals surface area contributed by atoms with Gasteiger partial charge in [-0.3, -0.25) is 4.79 Å². The molecular formula is C13H22BrN3OS. The van der Waals surface area contributed by atoms with Gasteiger partial charge >= 0.3 is 0 Å². The summed E-state index contributed by atoms with van der Waals surface area (Å²) in [6, 6.07) is 1.57. The molecular weight excluding hydrogens is 326 g/mol. The Bertz CT molecular complexity index is 399. The molecule has 1 aromatic heterocycles. The van der Waals surface area contributed by atoms with Crippen LogP contribution in [0.2, 0.25) is 0 Å². The van der Waals surface area contributed by atoms with Crippen LogP contribution in [0.1, 0.15) is 29.6 Å². The average Bonchev–Trinajstić information content (AvgIpc) is 2.69. The third kappa shape index (κ3) is 4.87. The minimum absolute atomic E-state index is 0.326. The van der Waals surface area contributed by atoms with Crippen LogP contribution in [0.3, 0.4) is 0 Å². The number of thiophene rings is 1. The van der Waals surface area contributed by atoms with Crippen molar-refractivity contribution in [2.75, 3.05) is 26.2 Å². The molecule has 0 bridgehead atoms. The van der Waals surface area contributed by atoms with Gasteiger partial charge in [0.25, 0.3) is 0 Å². The summed E-state index contributed by atoms with van der Waals surface area (Å²) >= 11 is 5.07. The quantitative estimate of drug-likeness (QED) is 0.758. The number of hydrogen-bond donors (Lipinski definition) is 2. The zero-order valence-corrected chi connectivity index (χ0v) is 14.1. The highest BCUT2D eigenvalue weighted by Gasteiger charge is 2.20. The fourth-order valence-electron chi connectivity index (χ4n) is 1.87. The molecule has 19 heavy (non-hydrogen) atoms. The minimum Gasteiger partial charge on any atom is -0.368 e. The number of halogens is 1. The molecule has 0 saturated carbocycles. The van der Waals surface area contributed by atoms with Crippen LogP contribution in [0.5, 0.6) is 0 Å². The van der Waals surface area contributed by atoms with E-state index in [-0.39, 0.29) is 5.91 Å². The maximum Gasteiger partial charge on any atom is 0.239 e. The van der Waals surface area contributed by atoms with Crippen LogP contribution in [0.25, 0.3) is 0 Å². The monoisotopic (exact) mass is 347 g/mol. The second kappa shape index (κ2) is 7.99. The summed E-state index contributed by atoms with van der Waals surface area (Å²) in [5.74, 6) is -0.326. The van der Waals surface area contributed by atoms with Crippen molar-refractivity contribution in [3.63, 3.8) is 0 Å². The highest BCUT2D eigenvalue weighted by atomic mass is 79.9. The molecule has 0 saturated heterocycles. The number of nitrogens with zero attached hydrogens (tertiary/aromatic N) is 1. The lowest BCUT2D eigenvalue weighted by Crippen LogP contribution is -2.38. The number of carbonyl (C=O) groups excluding carboxylic acids is 1. The van der Waals surface area contributed by atoms with Gasteiger partial charge in [0.2, 0.25) is 5.91 Å². The minimum atomic E-state index is -0.398. The Hall–Kier alpha value is -0.430. The van der Waals surface area contributed by atoms with Crippen molar-refractivity contribution in [2.45, 2.75) is 26.8 Å². The van der Waals surface area contributed by atoms with E-state index < -0.39 is 6.04 Å². The molecule has 4 nitrogen and oxygen atoms in total. The van der Waals surface area contributed by atoms with Crippen molar-refractivity contribution in [3.8, 4) is 0 Å². The van der Waals surface area contributed by atoms with Crippen LogP contribution in [0.15, 0.2) is 10.5 Å². The lowest BCUT2D eigenvalue weighted by atomic mass is 10.2. The third-order valence-corrected chi connectivity index (χ3v) is 5.32. The molecule has 1 heterocycles. The average molecular weight is 348 g/mol. The third-order valence-electron chi connectivity index (χ3n) is 3.12. The smallest absolute Gasteiger partial charge is 0.239 e. The van der Waals surface area contributed by atoms with E-state index in [0.717, 1.165) is 40.4 Å². The van der Waals surface area contributed by atoms with Crippen molar-refractivity contribution < 1.29 is 4.79 Å². The highest BCUT2D eigenvalue weighted by molar-refractivity contribution is 9.10. The van der Waals surface area contributed by atoms with Crippen molar-refractivity contribution in [2.24, 2.45) is 5.73 Å². The summed E-state index contributed by atoms with van der Waals surface area (Å²) in [4.78, 5) is 16.0. The largest absolute Gasteiger partial charge is 0.368 e. The van der Waals surface area contributed by atoms with E-state index in [1.807, 2.05) is 13.0 Å². The van der Waals surface area contributed by atoms with Gasteiger partial charge in [0.15, 0.2) is 0 Å². The van der Waals surface area contributed by atoms with Crippen molar-refractivity contribution in [1.29, 1.82) is 0 Å². The molecule has 0 aliphatic carbocycles. The van der Waals surface area contributed by atoms with Crippen LogP contribution < -0.4 is 11.1 Å². The van der Waals surface area contributed by atoms with Gasteiger partial charge in [0.1, 0.15) is 6.04 Å². The molecule has 1 aromatic rings. The Morgan fingerprint density at radius 1 is 1.53 bits per heavy atom. The first kappa shape index (κ1) is 16.6. The van der Waals surface area contributed by atoms with Gasteiger partial charge in [0, 0.05) is 27.3 Å². The van der Waals surface area contributed by atoms with Crippen molar-refractivity contribution in [1.82, 2.24) is 10.2 Å². The van der Waals surface area contributed by atoms with E-state index in [1.165, 1.54) is 0 Å². The number of hydrogen-bond acceptors (Lipinski definition) is 4. The molecule has 0 spiro atoms. The predicted octanol–water partition coefficient (Wildman–Crippen LogP) is 2.28. The number of rotatable bonds is 8. The number of likely N-dealkylation sites (N-methyl/N-ethyl adjacent to an activating group) is 1. The number of carbonyl (C=O) groups is 1. The molecule has 0 fully saturated rings. The van der Waals surface area contributed by atoms with E-state index in [2.05, 4.69) is 40.0 Å². The number of aryl methyl sites for hydroxylation is 1. The molecule has 1 amide bonds. The summed E-state index contributed by atoms with van der Waals surface area (Å²) in [5.41, 5.74) is 5.49. The number of amides is 1. The first-order valence-corrected chi connectivity index (χ1v) is 8.11. The fraction of sp³-hybridized carbons (Fsp3) is 0.615. The normalized spacial score (nSPS) is 12.9. The van der Waals surface area contributed by atoms with Gasteiger partial charge in [-0.15, -0.1) is 11.3 Å². The van der Waals surface area contributed by atoms with Gasteiger partial charge in [-0.1, -0.05) is 13.8 Å². The Labute approximate surface area is 127 Å². The zero-order chi connectivity index (χ0) is 14.4. The summed E-state index contributed by atoms with van der Waals surface area (Å²) < 4.78 is 1.03. The second-order valence-electron chi connectivity index (χ2n) is 4.37. The molecule has 1 rings (SSSR count). The van der Waals surface area contributed by atoms with Gasteiger partial charge in [-0.25, -0.2) is 0 Å². The van der Waals surface area contributed by atoms with E-state index in [0.29, 0.717) is 0 Å². The molecule has 3 N–H and O–H groups in total. The van der Waals surface area contributed by atoms with Crippen LogP contribution in [0, 0.1) is 6.92 Å². The number of primary amides is 1. The summed E-state index contributed by atoms with van der Waals surface area (Å²) in [6.07, 6.45) is 0. The van der Waals surface area contributed by atoms with Crippen LogP contribution in [-0.4, -0.2) is 37.0 Å². The SMILES string of the molecule is CCN(CC)CCNC(C(N)=O)c1cc(Br)c(C)s1. The van der Waals surface area contributed by atoms with Gasteiger partial charge < -0.3 is 16.0 Å². The maximum absolute atomic E-state index is 11.6. The topological polar surface area (TPSA) is 58.4 Å². The predicted molar refractivity (Wildman–Crippen MR) is 84.5 cm³/mol. The number of nitrogens with two attached hydrogens (primary N) is 1. The van der Waals surface area contributed by atoms with Crippen molar-refractivity contribution >= 4 is 33.2 Å². The zero-order valence-electron chi connectivity index (χ0n) is 11.7. The molecule has 108 valence electrons. The standard InChI is InChI=1S/C13H22BrN3OS/c1-4-17(5-2)7-6-16-12(13(15)18)11-8-10(14)9(3)19-11/h8,12,16H,4-7H2,1-3H3,(H2,15,18). The molecule has 1 unspecified atom stereocenters. The van der Waals surface area contributed by atoms with Gasteiger partial charge in [-0.2, -0.15) is 0 Å². The van der Waals surface area contributed by atoms with Crippen molar-refractivity contribution in [3.05, 3.63) is 20.3 Å². The van der Waals surface area contributed by atoms with E-state index in [9.17, 15) is 4.79 Å². The van der Waals surface area contributed by atoms with E-state index >= 15 is 0 Å². The lowest BCUT2D eigenvalue weighted by Gasteiger charge is -2.20. The first-order valence-electron chi connectivity index (χ1n) is 6.50. The van der Waals surface area contributed by atoms with E-state index in [4.69, 9.17) is 5.73 Å². The summed E-state index contributed by atoms with van der Waals surface area (Å²) in [7, 11) is 0. The Balaban J connectivity index is 2.61. The van der Waals surface area contributed by atoms with Crippen LogP contribution in [-0.2, 0) is 4.79 Å². The molecule has 0 aliphatic heterocycles. The Morgan fingerprint density at radius 2 is 2.16 bits per heavy atom. The summed E-state index contributed by atoms with van der Waals surface area (Å²) in [5, 5.41) is 3.25. The molecule has 0 radical (unpaired) electrons. The Kier molecular flexibility index (Phi) is 6.99. The van der Waals surface area contributed by atoms with Crippen LogP contribution >= 0.6 is 27.3 Å². The van der Waals surface area contributed by atoms with Gasteiger partial charge in [-0.05, 0) is 42.0 Å². The fourth-order valence-corrected chi connectivity index (χ4v) is 3.52. The molecule has 1 atom stereocenters.